The number of nitrogens with zero attached hydrogens (tertiary/aromatic N) is 1. The summed E-state index contributed by atoms with van der Waals surface area (Å²) in [6, 6.07) is 34.3. The summed E-state index contributed by atoms with van der Waals surface area (Å²) in [4.78, 5) is 29.1. The Morgan fingerprint density at radius 2 is 1.60 bits per heavy atom. The van der Waals surface area contributed by atoms with Crippen LogP contribution in [0.2, 0.25) is 0 Å². The third kappa shape index (κ3) is 8.61. The first-order chi connectivity index (χ1) is 24.4. The van der Waals surface area contributed by atoms with Crippen molar-refractivity contribution in [1.82, 2.24) is 10.3 Å². The van der Waals surface area contributed by atoms with Crippen molar-refractivity contribution >= 4 is 29.4 Å². The number of amides is 2. The van der Waals surface area contributed by atoms with E-state index in [4.69, 9.17) is 23.6 Å². The van der Waals surface area contributed by atoms with Gasteiger partial charge in [-0.25, -0.2) is 9.78 Å². The number of ether oxygens (including phenoxy) is 3. The van der Waals surface area contributed by atoms with Crippen LogP contribution in [0.25, 0.3) is 22.6 Å². The van der Waals surface area contributed by atoms with E-state index in [9.17, 15) is 14.7 Å². The predicted molar refractivity (Wildman–Crippen MR) is 191 cm³/mol. The average molecular weight is 694 g/mol. The maximum Gasteiger partial charge on any atom is 0.325 e. The highest BCUT2D eigenvalue weighted by atomic mass is 32.2. The van der Waals surface area contributed by atoms with Crippen LogP contribution in [-0.4, -0.2) is 47.1 Å². The van der Waals surface area contributed by atoms with Crippen molar-refractivity contribution in [2.75, 3.05) is 24.2 Å². The van der Waals surface area contributed by atoms with Crippen molar-refractivity contribution in [3.05, 3.63) is 126 Å². The quantitative estimate of drug-likeness (QED) is 0.0886. The molecule has 0 unspecified atom stereocenters. The minimum atomic E-state index is -0.756. The number of hydrogen-bond donors (Lipinski definition) is 3. The van der Waals surface area contributed by atoms with Crippen LogP contribution in [0.4, 0.5) is 10.5 Å². The minimum Gasteiger partial charge on any atom is -0.465 e. The van der Waals surface area contributed by atoms with Gasteiger partial charge in [-0.15, -0.1) is 0 Å². The molecule has 5 aromatic rings. The molecule has 11 heteroatoms. The lowest BCUT2D eigenvalue weighted by molar-refractivity contribution is -0.268. The molecule has 0 saturated carbocycles. The van der Waals surface area contributed by atoms with Gasteiger partial charge in [-0.3, -0.25) is 4.79 Å². The van der Waals surface area contributed by atoms with Gasteiger partial charge in [-0.1, -0.05) is 116 Å². The summed E-state index contributed by atoms with van der Waals surface area (Å²) in [5, 5.41) is 15.4. The maximum atomic E-state index is 12.5. The average Bonchev–Trinajstić information content (AvgIpc) is 3.59. The number of thioether (sulfide) groups is 1. The molecule has 6 rings (SSSR count). The van der Waals surface area contributed by atoms with E-state index < -0.39 is 18.3 Å². The number of urea groups is 1. The number of nitrogens with one attached hydrogen (secondary N) is 2. The number of benzene rings is 4. The van der Waals surface area contributed by atoms with Crippen LogP contribution >= 0.6 is 11.8 Å². The molecule has 0 radical (unpaired) electrons. The molecule has 2 heterocycles. The first-order valence-corrected chi connectivity index (χ1v) is 17.5. The normalized spacial score (nSPS) is 18.7. The third-order valence-corrected chi connectivity index (χ3v) is 9.22. The van der Waals surface area contributed by atoms with Gasteiger partial charge in [-0.05, 0) is 30.2 Å². The van der Waals surface area contributed by atoms with Crippen LogP contribution in [0.15, 0.2) is 119 Å². The number of aromatic nitrogens is 1. The molecule has 1 aliphatic rings. The second kappa shape index (κ2) is 16.6. The lowest BCUT2D eigenvalue weighted by Crippen LogP contribution is -2.38. The molecule has 10 nitrogen and oxygen atoms in total. The molecule has 1 fully saturated rings. The SMILES string of the molecule is CCOC(=O)CNC(=O)Nc1cccc([C@H]2O[C@@H](CSc3nc(-c4ccccc4)c(-c4ccccc4)o3)[C@@H](C)[C@@H](c3ccc(CO)cc3)O2)c1. The Bertz CT molecular complexity index is 1810. The second-order valence-electron chi connectivity index (χ2n) is 11.8. The van der Waals surface area contributed by atoms with Crippen molar-refractivity contribution in [1.29, 1.82) is 0 Å². The zero-order valence-electron chi connectivity index (χ0n) is 27.8. The van der Waals surface area contributed by atoms with Crippen LogP contribution in [0.5, 0.6) is 0 Å². The van der Waals surface area contributed by atoms with Crippen molar-refractivity contribution in [2.24, 2.45) is 5.92 Å². The molecule has 1 aliphatic heterocycles. The summed E-state index contributed by atoms with van der Waals surface area (Å²) >= 11 is 1.48. The Balaban J connectivity index is 1.23. The number of rotatable bonds is 12. The summed E-state index contributed by atoms with van der Waals surface area (Å²) in [6.45, 7) is 3.74. The highest BCUT2D eigenvalue weighted by Crippen LogP contribution is 2.44. The van der Waals surface area contributed by atoms with Crippen LogP contribution in [0, 0.1) is 5.92 Å². The van der Waals surface area contributed by atoms with E-state index >= 15 is 0 Å². The van der Waals surface area contributed by atoms with Gasteiger partial charge in [0.15, 0.2) is 12.1 Å². The number of oxazole rings is 1. The molecule has 50 heavy (non-hydrogen) atoms. The molecule has 4 atom stereocenters. The molecule has 0 bridgehead atoms. The Morgan fingerprint density at radius 1 is 0.880 bits per heavy atom. The van der Waals surface area contributed by atoms with Gasteiger partial charge in [0, 0.05) is 34.0 Å². The van der Waals surface area contributed by atoms with Crippen LogP contribution in [-0.2, 0) is 25.6 Å². The second-order valence-corrected chi connectivity index (χ2v) is 12.7. The Morgan fingerprint density at radius 3 is 2.30 bits per heavy atom. The number of esters is 1. The molecular weight excluding hydrogens is 655 g/mol. The van der Waals surface area contributed by atoms with Gasteiger partial charge < -0.3 is 34.4 Å². The minimum absolute atomic E-state index is 0.0500. The van der Waals surface area contributed by atoms with E-state index in [0.29, 0.717) is 28.0 Å². The largest absolute Gasteiger partial charge is 0.465 e. The summed E-state index contributed by atoms with van der Waals surface area (Å²) in [5.41, 5.74) is 5.66. The maximum absolute atomic E-state index is 12.5. The number of carbonyl (C=O) groups excluding carboxylic acids is 2. The highest BCUT2D eigenvalue weighted by molar-refractivity contribution is 7.99. The standard InChI is InChI=1S/C39H39N3O7S/c1-3-46-33(44)22-40-38(45)41-31-16-10-15-30(21-31)37-47-32(25(2)35(48-37)29-19-17-26(23-43)18-20-29)24-50-39-42-34(27-11-6-4-7-12-27)36(49-39)28-13-8-5-9-14-28/h4-21,25,32,35,37,43H,3,22-24H2,1-2H3,(H2,40,41,45)/t25-,32+,35+,37+/m1/s1. The van der Waals surface area contributed by atoms with E-state index in [-0.39, 0.29) is 37.9 Å². The molecule has 2 amide bonds. The smallest absolute Gasteiger partial charge is 0.325 e. The number of hydrogen-bond acceptors (Lipinski definition) is 9. The van der Waals surface area contributed by atoms with Gasteiger partial charge in [0.25, 0.3) is 5.22 Å². The van der Waals surface area contributed by atoms with Gasteiger partial charge in [0.05, 0.1) is 25.4 Å². The van der Waals surface area contributed by atoms with E-state index in [0.717, 1.165) is 27.9 Å². The van der Waals surface area contributed by atoms with Crippen LogP contribution < -0.4 is 10.6 Å². The van der Waals surface area contributed by atoms with Crippen LogP contribution in [0.3, 0.4) is 0 Å². The fourth-order valence-corrected chi connectivity index (χ4v) is 6.69. The number of aliphatic hydroxyl groups is 1. The van der Waals surface area contributed by atoms with Crippen molar-refractivity contribution in [3.8, 4) is 22.6 Å². The molecule has 1 aromatic heterocycles. The summed E-state index contributed by atoms with van der Waals surface area (Å²) in [5.74, 6) is 0.652. The van der Waals surface area contributed by atoms with Gasteiger partial charge in [-0.2, -0.15) is 0 Å². The Hall–Kier alpha value is -4.94. The summed E-state index contributed by atoms with van der Waals surface area (Å²) in [7, 11) is 0. The van der Waals surface area contributed by atoms with Crippen molar-refractivity contribution in [2.45, 2.75) is 44.2 Å². The summed E-state index contributed by atoms with van der Waals surface area (Å²) in [6.07, 6.45) is -1.37. The van der Waals surface area contributed by atoms with Gasteiger partial charge in [0.2, 0.25) is 0 Å². The Labute approximate surface area is 295 Å². The molecule has 258 valence electrons. The lowest BCUT2D eigenvalue weighted by Gasteiger charge is -2.41. The lowest BCUT2D eigenvalue weighted by atomic mass is 9.91. The van der Waals surface area contributed by atoms with E-state index in [1.165, 1.54) is 11.8 Å². The number of aliphatic hydroxyl groups excluding tert-OH is 1. The monoisotopic (exact) mass is 693 g/mol. The predicted octanol–water partition coefficient (Wildman–Crippen LogP) is 7.77. The first-order valence-electron chi connectivity index (χ1n) is 16.5. The molecule has 3 N–H and O–H groups in total. The number of anilines is 1. The van der Waals surface area contributed by atoms with Gasteiger partial charge in [0.1, 0.15) is 12.2 Å². The third-order valence-electron chi connectivity index (χ3n) is 8.30. The van der Waals surface area contributed by atoms with Crippen molar-refractivity contribution < 1.29 is 33.3 Å². The fraction of sp³-hybridized carbons (Fsp3) is 0.256. The number of carbonyl (C=O) groups is 2. The highest BCUT2D eigenvalue weighted by Gasteiger charge is 2.39. The van der Waals surface area contributed by atoms with Crippen molar-refractivity contribution in [3.63, 3.8) is 0 Å². The van der Waals surface area contributed by atoms with Crippen LogP contribution in [0.1, 0.15) is 42.9 Å². The molecule has 1 saturated heterocycles. The van der Waals surface area contributed by atoms with Gasteiger partial charge >= 0.3 is 12.0 Å². The molecular formula is C39H39N3O7S. The molecule has 0 spiro atoms. The molecule has 0 aliphatic carbocycles. The zero-order chi connectivity index (χ0) is 34.9. The Kier molecular flexibility index (Phi) is 11.6. The summed E-state index contributed by atoms with van der Waals surface area (Å²) < 4.78 is 24.5. The topological polar surface area (TPSA) is 132 Å². The van der Waals surface area contributed by atoms with E-state index in [1.807, 2.05) is 91.0 Å². The van der Waals surface area contributed by atoms with E-state index in [1.54, 1.807) is 25.1 Å². The fourth-order valence-electron chi connectivity index (χ4n) is 5.71. The van der Waals surface area contributed by atoms with E-state index in [2.05, 4.69) is 17.6 Å². The molecule has 4 aromatic carbocycles. The first kappa shape index (κ1) is 34.9. The zero-order valence-corrected chi connectivity index (χ0v) is 28.6.